The maximum Gasteiger partial charge on any atom is 0.255 e. The Morgan fingerprint density at radius 1 is 1.39 bits per heavy atom. The number of carbonyl (C=O) groups is 1. The molecule has 0 radical (unpaired) electrons. The number of carbonyl (C=O) groups excluding carboxylic acids is 1. The summed E-state index contributed by atoms with van der Waals surface area (Å²) in [6.07, 6.45) is 2.38. The van der Waals surface area contributed by atoms with Crippen LogP contribution in [0.15, 0.2) is 18.2 Å². The highest BCUT2D eigenvalue weighted by Gasteiger charge is 2.26. The molecule has 1 atom stereocenters. The number of nitrogens with one attached hydrogen (secondary N) is 1. The SMILES string of the molecule is CC1CCN([C@@H](CNC(=O)c2c(F)cccc2Cl)C(C)C)CC1. The summed E-state index contributed by atoms with van der Waals surface area (Å²) >= 11 is 5.96. The lowest BCUT2D eigenvalue weighted by atomic mass is 9.94. The van der Waals surface area contributed by atoms with Crippen LogP contribution in [0.3, 0.4) is 0 Å². The molecule has 1 aliphatic rings. The molecule has 5 heteroatoms. The maximum atomic E-state index is 13.8. The van der Waals surface area contributed by atoms with Crippen molar-refractivity contribution in [1.29, 1.82) is 0 Å². The van der Waals surface area contributed by atoms with Crippen LogP contribution in [0.4, 0.5) is 4.39 Å². The Kier molecular flexibility index (Phi) is 6.42. The van der Waals surface area contributed by atoms with Gasteiger partial charge in [-0.15, -0.1) is 0 Å². The zero-order chi connectivity index (χ0) is 17.0. The minimum absolute atomic E-state index is 0.0658. The molecular weight excluding hydrogens is 315 g/mol. The van der Waals surface area contributed by atoms with Crippen LogP contribution in [-0.4, -0.2) is 36.5 Å². The van der Waals surface area contributed by atoms with Crippen LogP contribution in [0.1, 0.15) is 44.0 Å². The van der Waals surface area contributed by atoms with Crippen LogP contribution in [0.5, 0.6) is 0 Å². The molecule has 1 fully saturated rings. The van der Waals surface area contributed by atoms with Gasteiger partial charge in [0.2, 0.25) is 0 Å². The van der Waals surface area contributed by atoms with Crippen molar-refractivity contribution in [3.05, 3.63) is 34.6 Å². The Morgan fingerprint density at radius 3 is 2.61 bits per heavy atom. The van der Waals surface area contributed by atoms with Crippen molar-refractivity contribution in [2.45, 2.75) is 39.7 Å². The van der Waals surface area contributed by atoms with Crippen molar-refractivity contribution in [2.75, 3.05) is 19.6 Å². The lowest BCUT2D eigenvalue weighted by molar-refractivity contribution is 0.0860. The molecule has 1 aromatic carbocycles. The molecule has 0 saturated carbocycles. The summed E-state index contributed by atoms with van der Waals surface area (Å²) < 4.78 is 13.8. The normalized spacial score (nSPS) is 18.2. The number of hydrogen-bond acceptors (Lipinski definition) is 2. The van der Waals surface area contributed by atoms with Crippen LogP contribution in [0.2, 0.25) is 5.02 Å². The molecule has 1 aliphatic heterocycles. The van der Waals surface area contributed by atoms with Gasteiger partial charge in [-0.25, -0.2) is 4.39 Å². The van der Waals surface area contributed by atoms with Gasteiger partial charge in [0.1, 0.15) is 5.82 Å². The second kappa shape index (κ2) is 8.11. The number of nitrogens with zero attached hydrogens (tertiary/aromatic N) is 1. The van der Waals surface area contributed by atoms with Crippen molar-refractivity contribution in [3.63, 3.8) is 0 Å². The van der Waals surface area contributed by atoms with Gasteiger partial charge in [-0.05, 0) is 49.9 Å². The Balaban J connectivity index is 2.00. The summed E-state index contributed by atoms with van der Waals surface area (Å²) in [7, 11) is 0. The first kappa shape index (κ1) is 18.2. The first-order valence-electron chi connectivity index (χ1n) is 8.36. The van der Waals surface area contributed by atoms with E-state index in [1.165, 1.54) is 31.0 Å². The summed E-state index contributed by atoms with van der Waals surface area (Å²) in [6, 6.07) is 4.55. The van der Waals surface area contributed by atoms with E-state index in [9.17, 15) is 9.18 Å². The number of piperidine rings is 1. The van der Waals surface area contributed by atoms with E-state index in [0.717, 1.165) is 19.0 Å². The van der Waals surface area contributed by atoms with Crippen molar-refractivity contribution in [1.82, 2.24) is 10.2 Å². The Morgan fingerprint density at radius 2 is 2.04 bits per heavy atom. The largest absolute Gasteiger partial charge is 0.350 e. The van der Waals surface area contributed by atoms with Crippen LogP contribution < -0.4 is 5.32 Å². The van der Waals surface area contributed by atoms with Gasteiger partial charge in [-0.2, -0.15) is 0 Å². The van der Waals surface area contributed by atoms with E-state index in [4.69, 9.17) is 11.6 Å². The quantitative estimate of drug-likeness (QED) is 0.879. The highest BCUT2D eigenvalue weighted by molar-refractivity contribution is 6.33. The van der Waals surface area contributed by atoms with Gasteiger partial charge < -0.3 is 5.32 Å². The predicted octanol–water partition coefficient (Wildman–Crippen LogP) is 3.97. The molecule has 2 rings (SSSR count). The van der Waals surface area contributed by atoms with Gasteiger partial charge in [0.05, 0.1) is 10.6 Å². The lowest BCUT2D eigenvalue weighted by Crippen LogP contribution is -2.49. The van der Waals surface area contributed by atoms with E-state index in [-0.39, 0.29) is 16.6 Å². The van der Waals surface area contributed by atoms with E-state index >= 15 is 0 Å². The number of benzene rings is 1. The molecule has 1 amide bonds. The fraction of sp³-hybridized carbons (Fsp3) is 0.611. The van der Waals surface area contributed by atoms with Gasteiger partial charge in [0.15, 0.2) is 0 Å². The average molecular weight is 341 g/mol. The molecule has 1 heterocycles. The Hall–Kier alpha value is -1.13. The van der Waals surface area contributed by atoms with E-state index in [0.29, 0.717) is 12.5 Å². The van der Waals surface area contributed by atoms with Crippen LogP contribution >= 0.6 is 11.6 Å². The van der Waals surface area contributed by atoms with E-state index in [1.54, 1.807) is 0 Å². The summed E-state index contributed by atoms with van der Waals surface area (Å²) in [6.45, 7) is 9.22. The number of halogens is 2. The molecule has 23 heavy (non-hydrogen) atoms. The minimum Gasteiger partial charge on any atom is -0.350 e. The van der Waals surface area contributed by atoms with Crippen molar-refractivity contribution < 1.29 is 9.18 Å². The molecule has 0 spiro atoms. The highest BCUT2D eigenvalue weighted by Crippen LogP contribution is 2.22. The Bertz CT molecular complexity index is 522. The number of amides is 1. The van der Waals surface area contributed by atoms with Crippen molar-refractivity contribution in [2.24, 2.45) is 11.8 Å². The molecule has 0 unspecified atom stereocenters. The number of rotatable bonds is 5. The summed E-state index contributed by atoms with van der Waals surface area (Å²) in [5, 5.41) is 3.01. The first-order valence-corrected chi connectivity index (χ1v) is 8.74. The van der Waals surface area contributed by atoms with E-state index < -0.39 is 11.7 Å². The average Bonchev–Trinajstić information content (AvgIpc) is 2.48. The second-order valence-electron chi connectivity index (χ2n) is 6.84. The van der Waals surface area contributed by atoms with Gasteiger partial charge in [0, 0.05) is 12.6 Å². The summed E-state index contributed by atoms with van der Waals surface area (Å²) in [5.74, 6) is 0.165. The molecule has 0 bridgehead atoms. The zero-order valence-corrected chi connectivity index (χ0v) is 14.9. The predicted molar refractivity (Wildman–Crippen MR) is 92.3 cm³/mol. The van der Waals surface area contributed by atoms with Crippen LogP contribution in [0.25, 0.3) is 0 Å². The van der Waals surface area contributed by atoms with E-state index in [2.05, 4.69) is 31.0 Å². The third kappa shape index (κ3) is 4.67. The molecule has 1 saturated heterocycles. The van der Waals surface area contributed by atoms with E-state index in [1.807, 2.05) is 0 Å². The van der Waals surface area contributed by atoms with Crippen molar-refractivity contribution in [3.8, 4) is 0 Å². The summed E-state index contributed by atoms with van der Waals surface area (Å²) in [4.78, 5) is 14.7. The molecule has 1 aromatic rings. The molecular formula is C18H26ClFN2O. The second-order valence-corrected chi connectivity index (χ2v) is 7.24. The summed E-state index contributed by atoms with van der Waals surface area (Å²) in [5.41, 5.74) is -0.0658. The third-order valence-corrected chi connectivity index (χ3v) is 5.03. The lowest BCUT2D eigenvalue weighted by Gasteiger charge is -2.38. The van der Waals surface area contributed by atoms with Crippen LogP contribution in [0, 0.1) is 17.7 Å². The zero-order valence-electron chi connectivity index (χ0n) is 14.1. The molecule has 0 aromatic heterocycles. The minimum atomic E-state index is -0.581. The van der Waals surface area contributed by atoms with Gasteiger partial charge >= 0.3 is 0 Å². The highest BCUT2D eigenvalue weighted by atomic mass is 35.5. The van der Waals surface area contributed by atoms with Gasteiger partial charge in [-0.1, -0.05) is 38.4 Å². The first-order chi connectivity index (χ1) is 10.9. The molecule has 0 aliphatic carbocycles. The topological polar surface area (TPSA) is 32.3 Å². The monoisotopic (exact) mass is 340 g/mol. The van der Waals surface area contributed by atoms with Crippen LogP contribution in [-0.2, 0) is 0 Å². The number of hydrogen-bond donors (Lipinski definition) is 1. The maximum absolute atomic E-state index is 13.8. The van der Waals surface area contributed by atoms with Gasteiger partial charge in [0.25, 0.3) is 5.91 Å². The Labute approximate surface area is 143 Å². The standard InChI is InChI=1S/C18H26ClFN2O/c1-12(2)16(22-9-7-13(3)8-10-22)11-21-18(23)17-14(19)5-4-6-15(17)20/h4-6,12-13,16H,7-11H2,1-3H3,(H,21,23)/t16-/m0/s1. The van der Waals surface area contributed by atoms with Crippen molar-refractivity contribution >= 4 is 17.5 Å². The van der Waals surface area contributed by atoms with Gasteiger partial charge in [-0.3, -0.25) is 9.69 Å². The fourth-order valence-corrected chi connectivity index (χ4v) is 3.40. The molecule has 128 valence electrons. The molecule has 3 nitrogen and oxygen atoms in total. The smallest absolute Gasteiger partial charge is 0.255 e. The molecule has 1 N–H and O–H groups in total. The fourth-order valence-electron chi connectivity index (χ4n) is 3.15. The number of likely N-dealkylation sites (tertiary alicyclic amines) is 1. The third-order valence-electron chi connectivity index (χ3n) is 4.72.